The van der Waals surface area contributed by atoms with Gasteiger partial charge in [-0.25, -0.2) is 0 Å². The minimum Gasteiger partial charge on any atom is -0.363 e. The molecule has 1 aliphatic rings. The molecule has 32 heavy (non-hydrogen) atoms. The van der Waals surface area contributed by atoms with E-state index in [1.807, 2.05) is 23.1 Å². The van der Waals surface area contributed by atoms with Crippen molar-refractivity contribution in [2.75, 3.05) is 37.6 Å². The Morgan fingerprint density at radius 1 is 1.12 bits per heavy atom. The van der Waals surface area contributed by atoms with Crippen LogP contribution >= 0.6 is 11.6 Å². The Morgan fingerprint density at radius 2 is 1.81 bits per heavy atom. The molecule has 1 N–H and O–H groups in total. The summed E-state index contributed by atoms with van der Waals surface area (Å²) in [5.74, 6) is -0.120. The highest BCUT2D eigenvalue weighted by molar-refractivity contribution is 6.31. The van der Waals surface area contributed by atoms with Gasteiger partial charge in [-0.1, -0.05) is 29.8 Å². The Kier molecular flexibility index (Phi) is 7.57. The van der Waals surface area contributed by atoms with Crippen molar-refractivity contribution in [1.82, 2.24) is 10.2 Å². The first-order chi connectivity index (χ1) is 15.1. The zero-order chi connectivity index (χ0) is 23.3. The molecule has 1 saturated heterocycles. The summed E-state index contributed by atoms with van der Waals surface area (Å²) in [5.41, 5.74) is -0.615. The lowest BCUT2D eigenvalue weighted by Crippen LogP contribution is -2.47. The fraction of sp³-hybridized carbons (Fsp3) is 0.381. The van der Waals surface area contributed by atoms with E-state index in [-0.39, 0.29) is 18.0 Å². The number of carbonyl (C=O) groups excluding carboxylic acids is 1. The molecule has 2 aromatic rings. The SMILES string of the molecule is O=C(CCN1CCN(c2ccc(C(F)(F)F)cc2[N+](=O)[O-])CC1)NCc1ccccc1Cl. The lowest BCUT2D eigenvalue weighted by atomic mass is 10.1. The Balaban J connectivity index is 1.50. The number of hydrogen-bond acceptors (Lipinski definition) is 5. The highest BCUT2D eigenvalue weighted by Gasteiger charge is 2.34. The number of nitrogens with one attached hydrogen (secondary N) is 1. The quantitative estimate of drug-likeness (QED) is 0.487. The van der Waals surface area contributed by atoms with Crippen LogP contribution in [-0.4, -0.2) is 48.5 Å². The molecule has 1 aliphatic heterocycles. The lowest BCUT2D eigenvalue weighted by Gasteiger charge is -2.35. The topological polar surface area (TPSA) is 78.7 Å². The largest absolute Gasteiger partial charge is 0.416 e. The monoisotopic (exact) mass is 470 g/mol. The molecular formula is C21H22ClF3N4O3. The summed E-state index contributed by atoms with van der Waals surface area (Å²) >= 11 is 6.07. The number of carbonyl (C=O) groups is 1. The molecule has 1 fully saturated rings. The molecule has 0 saturated carbocycles. The molecule has 0 radical (unpaired) electrons. The highest BCUT2D eigenvalue weighted by atomic mass is 35.5. The fourth-order valence-corrected chi connectivity index (χ4v) is 3.71. The first-order valence-electron chi connectivity index (χ1n) is 9.98. The normalized spacial score (nSPS) is 14.9. The number of anilines is 1. The maximum Gasteiger partial charge on any atom is 0.416 e. The van der Waals surface area contributed by atoms with Crippen LogP contribution in [-0.2, 0) is 17.5 Å². The third kappa shape index (κ3) is 6.10. The van der Waals surface area contributed by atoms with Gasteiger partial charge in [-0.05, 0) is 23.8 Å². The van der Waals surface area contributed by atoms with E-state index in [1.165, 1.54) is 0 Å². The van der Waals surface area contributed by atoms with Gasteiger partial charge in [0, 0.05) is 56.8 Å². The van der Waals surface area contributed by atoms with Gasteiger partial charge in [-0.3, -0.25) is 19.8 Å². The Morgan fingerprint density at radius 3 is 2.44 bits per heavy atom. The molecule has 172 valence electrons. The van der Waals surface area contributed by atoms with Crippen molar-refractivity contribution in [3.63, 3.8) is 0 Å². The highest BCUT2D eigenvalue weighted by Crippen LogP contribution is 2.36. The molecule has 2 aromatic carbocycles. The molecule has 0 atom stereocenters. The molecule has 0 aromatic heterocycles. The second-order valence-corrected chi connectivity index (χ2v) is 7.81. The average Bonchev–Trinajstić information content (AvgIpc) is 2.76. The second-order valence-electron chi connectivity index (χ2n) is 7.41. The van der Waals surface area contributed by atoms with Crippen molar-refractivity contribution in [1.29, 1.82) is 0 Å². The van der Waals surface area contributed by atoms with E-state index in [0.29, 0.717) is 50.4 Å². The maximum atomic E-state index is 12.9. The van der Waals surface area contributed by atoms with E-state index in [9.17, 15) is 28.1 Å². The third-order valence-corrected chi connectivity index (χ3v) is 5.67. The van der Waals surface area contributed by atoms with Gasteiger partial charge in [0.05, 0.1) is 10.5 Å². The van der Waals surface area contributed by atoms with Gasteiger partial charge in [-0.2, -0.15) is 13.2 Å². The predicted molar refractivity (Wildman–Crippen MR) is 115 cm³/mol. The van der Waals surface area contributed by atoms with Crippen LogP contribution in [0.2, 0.25) is 5.02 Å². The van der Waals surface area contributed by atoms with Gasteiger partial charge < -0.3 is 10.2 Å². The summed E-state index contributed by atoms with van der Waals surface area (Å²) in [4.78, 5) is 26.4. The van der Waals surface area contributed by atoms with Crippen molar-refractivity contribution in [2.45, 2.75) is 19.1 Å². The zero-order valence-corrected chi connectivity index (χ0v) is 17.8. The van der Waals surface area contributed by atoms with Crippen LogP contribution in [0.3, 0.4) is 0 Å². The van der Waals surface area contributed by atoms with Crippen LogP contribution in [0, 0.1) is 10.1 Å². The van der Waals surface area contributed by atoms with Crippen LogP contribution < -0.4 is 10.2 Å². The van der Waals surface area contributed by atoms with E-state index < -0.39 is 22.4 Å². The predicted octanol–water partition coefficient (Wildman–Crippen LogP) is 4.10. The smallest absolute Gasteiger partial charge is 0.363 e. The Labute approximate surface area is 187 Å². The Hall–Kier alpha value is -2.85. The van der Waals surface area contributed by atoms with Gasteiger partial charge in [0.25, 0.3) is 5.69 Å². The van der Waals surface area contributed by atoms with Crippen molar-refractivity contribution in [3.05, 3.63) is 68.7 Å². The van der Waals surface area contributed by atoms with E-state index in [0.717, 1.165) is 17.7 Å². The summed E-state index contributed by atoms with van der Waals surface area (Å²) in [7, 11) is 0. The van der Waals surface area contributed by atoms with E-state index in [2.05, 4.69) is 5.32 Å². The maximum absolute atomic E-state index is 12.9. The van der Waals surface area contributed by atoms with E-state index in [1.54, 1.807) is 11.0 Å². The number of halogens is 4. The summed E-state index contributed by atoms with van der Waals surface area (Å²) in [6.07, 6.45) is -4.36. The number of alkyl halides is 3. The van der Waals surface area contributed by atoms with Gasteiger partial charge >= 0.3 is 6.18 Å². The standard InChI is InChI=1S/C21H22ClF3N4O3/c22-17-4-2-1-3-15(17)14-26-20(30)7-8-27-9-11-28(12-10-27)18-6-5-16(21(23,24)25)13-19(18)29(31)32/h1-6,13H,7-12,14H2,(H,26,30). The van der Waals surface area contributed by atoms with Crippen molar-refractivity contribution < 1.29 is 22.9 Å². The number of nitro groups is 1. The van der Waals surface area contributed by atoms with Crippen LogP contribution in [0.15, 0.2) is 42.5 Å². The molecule has 0 spiro atoms. The minimum absolute atomic E-state index is 0.120. The van der Waals surface area contributed by atoms with E-state index in [4.69, 9.17) is 11.6 Å². The number of hydrogen-bond donors (Lipinski definition) is 1. The van der Waals surface area contributed by atoms with E-state index >= 15 is 0 Å². The summed E-state index contributed by atoms with van der Waals surface area (Å²) in [5, 5.41) is 14.7. The first-order valence-corrected chi connectivity index (χ1v) is 10.4. The fourth-order valence-electron chi connectivity index (χ4n) is 3.51. The van der Waals surface area contributed by atoms with Crippen LogP contribution in [0.5, 0.6) is 0 Å². The number of rotatable bonds is 7. The third-order valence-electron chi connectivity index (χ3n) is 5.30. The minimum atomic E-state index is -4.64. The van der Waals surface area contributed by atoms with Crippen molar-refractivity contribution in [3.8, 4) is 0 Å². The molecular weight excluding hydrogens is 449 g/mol. The first kappa shape index (κ1) is 23.8. The van der Waals surface area contributed by atoms with Crippen LogP contribution in [0.1, 0.15) is 17.5 Å². The van der Waals surface area contributed by atoms with Gasteiger partial charge in [0.2, 0.25) is 5.91 Å². The van der Waals surface area contributed by atoms with Gasteiger partial charge in [-0.15, -0.1) is 0 Å². The summed E-state index contributed by atoms with van der Waals surface area (Å²) < 4.78 is 38.7. The van der Waals surface area contributed by atoms with Crippen molar-refractivity contribution in [2.24, 2.45) is 0 Å². The average molecular weight is 471 g/mol. The molecule has 0 unspecified atom stereocenters. The number of nitrogens with zero attached hydrogens (tertiary/aromatic N) is 3. The number of nitro benzene ring substituents is 1. The van der Waals surface area contributed by atoms with Crippen LogP contribution in [0.4, 0.5) is 24.5 Å². The molecule has 1 heterocycles. The van der Waals surface area contributed by atoms with Gasteiger partial charge in [0.1, 0.15) is 5.69 Å². The molecule has 1 amide bonds. The summed E-state index contributed by atoms with van der Waals surface area (Å²) in [6, 6.07) is 9.83. The molecule has 3 rings (SSSR count). The lowest BCUT2D eigenvalue weighted by molar-refractivity contribution is -0.384. The number of benzene rings is 2. The second kappa shape index (κ2) is 10.2. The number of amides is 1. The van der Waals surface area contributed by atoms with Crippen molar-refractivity contribution >= 4 is 28.9 Å². The Bertz CT molecular complexity index is 979. The summed E-state index contributed by atoms with van der Waals surface area (Å²) in [6.45, 7) is 2.74. The number of piperazine rings is 1. The van der Waals surface area contributed by atoms with Gasteiger partial charge in [0.15, 0.2) is 0 Å². The molecule has 0 aliphatic carbocycles. The zero-order valence-electron chi connectivity index (χ0n) is 17.1. The molecule has 7 nitrogen and oxygen atoms in total. The molecule has 11 heteroatoms. The van der Waals surface area contributed by atoms with Crippen LogP contribution in [0.25, 0.3) is 0 Å². The molecule has 0 bridgehead atoms.